The van der Waals surface area contributed by atoms with E-state index in [0.717, 1.165) is 10.2 Å². The summed E-state index contributed by atoms with van der Waals surface area (Å²) in [7, 11) is 1.57. The monoisotopic (exact) mass is 337 g/mol. The standard InChI is InChI=1S/C14H16BrN3O2/c1-10-4-3-5-11(8-10)20-7-6-16-14-17-9-12(15)13(18-14)19-2/h3-5,8-9H,6-7H2,1-2H3,(H,16,17,18). The van der Waals surface area contributed by atoms with Gasteiger partial charge in [0.15, 0.2) is 0 Å². The number of anilines is 1. The van der Waals surface area contributed by atoms with Crippen molar-refractivity contribution < 1.29 is 9.47 Å². The van der Waals surface area contributed by atoms with Crippen molar-refractivity contribution >= 4 is 21.9 Å². The molecule has 0 aliphatic carbocycles. The topological polar surface area (TPSA) is 56.3 Å². The molecule has 1 aromatic heterocycles. The highest BCUT2D eigenvalue weighted by Crippen LogP contribution is 2.21. The van der Waals surface area contributed by atoms with E-state index < -0.39 is 0 Å². The van der Waals surface area contributed by atoms with Crippen molar-refractivity contribution in [1.29, 1.82) is 0 Å². The number of hydrogen-bond donors (Lipinski definition) is 1. The molecule has 0 unspecified atom stereocenters. The van der Waals surface area contributed by atoms with Gasteiger partial charge < -0.3 is 14.8 Å². The summed E-state index contributed by atoms with van der Waals surface area (Å²) in [6.07, 6.45) is 1.65. The molecular weight excluding hydrogens is 322 g/mol. The van der Waals surface area contributed by atoms with Crippen LogP contribution in [0.5, 0.6) is 11.6 Å². The summed E-state index contributed by atoms with van der Waals surface area (Å²) in [6.45, 7) is 3.18. The molecule has 1 N–H and O–H groups in total. The third-order valence-electron chi connectivity index (χ3n) is 2.55. The van der Waals surface area contributed by atoms with E-state index in [-0.39, 0.29) is 0 Å². The van der Waals surface area contributed by atoms with Crippen LogP contribution in [-0.2, 0) is 0 Å². The van der Waals surface area contributed by atoms with E-state index in [1.54, 1.807) is 13.3 Å². The predicted octanol–water partition coefficient (Wildman–Crippen LogP) is 3.05. The van der Waals surface area contributed by atoms with Crippen LogP contribution in [0.1, 0.15) is 5.56 Å². The van der Waals surface area contributed by atoms with Gasteiger partial charge >= 0.3 is 0 Å². The van der Waals surface area contributed by atoms with Crippen LogP contribution in [-0.4, -0.2) is 30.2 Å². The molecule has 6 heteroatoms. The van der Waals surface area contributed by atoms with Gasteiger partial charge in [-0.3, -0.25) is 0 Å². The molecule has 1 aromatic carbocycles. The first-order valence-corrected chi connectivity index (χ1v) is 6.98. The SMILES string of the molecule is COc1nc(NCCOc2cccc(C)c2)ncc1Br. The average Bonchev–Trinajstić information content (AvgIpc) is 2.45. The van der Waals surface area contributed by atoms with E-state index >= 15 is 0 Å². The molecule has 0 atom stereocenters. The predicted molar refractivity (Wildman–Crippen MR) is 81.4 cm³/mol. The zero-order valence-electron chi connectivity index (χ0n) is 11.4. The molecule has 0 amide bonds. The Bertz CT molecular complexity index is 578. The Morgan fingerprint density at radius 1 is 1.35 bits per heavy atom. The molecule has 0 saturated carbocycles. The second kappa shape index (κ2) is 7.09. The fourth-order valence-electron chi connectivity index (χ4n) is 1.62. The number of nitrogens with zero attached hydrogens (tertiary/aromatic N) is 2. The minimum absolute atomic E-state index is 0.502. The van der Waals surface area contributed by atoms with Crippen LogP contribution in [0, 0.1) is 6.92 Å². The Labute approximate surface area is 126 Å². The summed E-state index contributed by atoms with van der Waals surface area (Å²) < 4.78 is 11.5. The fraction of sp³-hybridized carbons (Fsp3) is 0.286. The number of nitrogens with one attached hydrogen (secondary N) is 1. The molecule has 0 aliphatic rings. The lowest BCUT2D eigenvalue weighted by atomic mass is 10.2. The van der Waals surface area contributed by atoms with Crippen LogP contribution in [0.15, 0.2) is 34.9 Å². The van der Waals surface area contributed by atoms with Crippen molar-refractivity contribution in [1.82, 2.24) is 9.97 Å². The van der Waals surface area contributed by atoms with E-state index in [1.165, 1.54) is 5.56 Å². The molecule has 0 saturated heterocycles. The Kier molecular flexibility index (Phi) is 5.17. The van der Waals surface area contributed by atoms with E-state index in [2.05, 4.69) is 31.2 Å². The molecule has 2 aromatic rings. The van der Waals surface area contributed by atoms with Gasteiger partial charge in [0.1, 0.15) is 12.4 Å². The van der Waals surface area contributed by atoms with Crippen LogP contribution in [0.3, 0.4) is 0 Å². The maximum atomic E-state index is 5.63. The van der Waals surface area contributed by atoms with Crippen LogP contribution in [0.4, 0.5) is 5.95 Å². The Hall–Kier alpha value is -1.82. The number of benzene rings is 1. The lowest BCUT2D eigenvalue weighted by Gasteiger charge is -2.09. The first-order valence-electron chi connectivity index (χ1n) is 6.19. The zero-order chi connectivity index (χ0) is 14.4. The molecular formula is C14H16BrN3O2. The number of aromatic nitrogens is 2. The van der Waals surface area contributed by atoms with Gasteiger partial charge in [-0.15, -0.1) is 0 Å². The highest BCUT2D eigenvalue weighted by Gasteiger charge is 2.04. The summed E-state index contributed by atoms with van der Waals surface area (Å²) in [5.74, 6) is 1.88. The van der Waals surface area contributed by atoms with Crippen molar-refractivity contribution in [2.24, 2.45) is 0 Å². The van der Waals surface area contributed by atoms with Crippen molar-refractivity contribution in [3.05, 3.63) is 40.5 Å². The molecule has 2 rings (SSSR count). The van der Waals surface area contributed by atoms with E-state index in [1.807, 2.05) is 31.2 Å². The van der Waals surface area contributed by atoms with Crippen LogP contribution in [0.25, 0.3) is 0 Å². The Morgan fingerprint density at radius 3 is 2.95 bits per heavy atom. The van der Waals surface area contributed by atoms with Gasteiger partial charge in [-0.2, -0.15) is 4.98 Å². The third kappa shape index (κ3) is 4.09. The molecule has 0 fully saturated rings. The summed E-state index contributed by atoms with van der Waals surface area (Å²) in [6, 6.07) is 7.94. The summed E-state index contributed by atoms with van der Waals surface area (Å²) in [5, 5.41) is 3.08. The second-order valence-electron chi connectivity index (χ2n) is 4.14. The fourth-order valence-corrected chi connectivity index (χ4v) is 1.97. The van der Waals surface area contributed by atoms with Gasteiger partial charge in [0, 0.05) is 0 Å². The Morgan fingerprint density at radius 2 is 2.20 bits per heavy atom. The smallest absolute Gasteiger partial charge is 0.232 e. The molecule has 0 spiro atoms. The number of hydrogen-bond acceptors (Lipinski definition) is 5. The maximum absolute atomic E-state index is 5.63. The van der Waals surface area contributed by atoms with Gasteiger partial charge in [-0.05, 0) is 40.5 Å². The first-order chi connectivity index (χ1) is 9.69. The number of methoxy groups -OCH3 is 1. The second-order valence-corrected chi connectivity index (χ2v) is 5.00. The van der Waals surface area contributed by atoms with Gasteiger partial charge in [0.25, 0.3) is 0 Å². The molecule has 1 heterocycles. The first kappa shape index (κ1) is 14.6. The lowest BCUT2D eigenvalue weighted by molar-refractivity contribution is 0.332. The molecule has 5 nitrogen and oxygen atoms in total. The zero-order valence-corrected chi connectivity index (χ0v) is 13.0. The largest absolute Gasteiger partial charge is 0.492 e. The van der Waals surface area contributed by atoms with E-state index in [4.69, 9.17) is 9.47 Å². The third-order valence-corrected chi connectivity index (χ3v) is 3.09. The van der Waals surface area contributed by atoms with Gasteiger partial charge in [-0.25, -0.2) is 4.98 Å². The quantitative estimate of drug-likeness (QED) is 0.821. The summed E-state index contributed by atoms with van der Waals surface area (Å²) in [5.41, 5.74) is 1.18. The molecule has 20 heavy (non-hydrogen) atoms. The normalized spacial score (nSPS) is 10.2. The number of ether oxygens (including phenoxy) is 2. The molecule has 0 aliphatic heterocycles. The van der Waals surface area contributed by atoms with Gasteiger partial charge in [0.05, 0.1) is 24.3 Å². The molecule has 0 bridgehead atoms. The maximum Gasteiger partial charge on any atom is 0.232 e. The van der Waals surface area contributed by atoms with Crippen molar-refractivity contribution in [2.45, 2.75) is 6.92 Å². The number of rotatable bonds is 6. The highest BCUT2D eigenvalue weighted by molar-refractivity contribution is 9.10. The van der Waals surface area contributed by atoms with Crippen molar-refractivity contribution in [2.75, 3.05) is 25.6 Å². The minimum Gasteiger partial charge on any atom is -0.492 e. The van der Waals surface area contributed by atoms with Crippen molar-refractivity contribution in [3.8, 4) is 11.6 Å². The van der Waals surface area contributed by atoms with Crippen LogP contribution >= 0.6 is 15.9 Å². The molecule has 106 valence electrons. The number of halogens is 1. The summed E-state index contributed by atoms with van der Waals surface area (Å²) >= 11 is 3.31. The summed E-state index contributed by atoms with van der Waals surface area (Å²) in [4.78, 5) is 8.34. The van der Waals surface area contributed by atoms with E-state index in [0.29, 0.717) is 25.0 Å². The highest BCUT2D eigenvalue weighted by atomic mass is 79.9. The Balaban J connectivity index is 1.81. The molecule has 0 radical (unpaired) electrons. The van der Waals surface area contributed by atoms with Gasteiger partial charge in [-0.1, -0.05) is 12.1 Å². The number of aryl methyl sites for hydroxylation is 1. The van der Waals surface area contributed by atoms with Crippen molar-refractivity contribution in [3.63, 3.8) is 0 Å². The minimum atomic E-state index is 0.502. The van der Waals surface area contributed by atoms with Crippen LogP contribution < -0.4 is 14.8 Å². The van der Waals surface area contributed by atoms with Crippen LogP contribution in [0.2, 0.25) is 0 Å². The van der Waals surface area contributed by atoms with E-state index in [9.17, 15) is 0 Å². The lowest BCUT2D eigenvalue weighted by Crippen LogP contribution is -2.13. The van der Waals surface area contributed by atoms with Gasteiger partial charge in [0.2, 0.25) is 11.8 Å². The average molecular weight is 338 g/mol.